The summed E-state index contributed by atoms with van der Waals surface area (Å²) in [4.78, 5) is 12.0. The Balaban J connectivity index is 1.84. The first-order chi connectivity index (χ1) is 11.1. The third-order valence-electron chi connectivity index (χ3n) is 3.62. The number of carbonyl (C=O) groups is 1. The number of rotatable bonds is 7. The highest BCUT2D eigenvalue weighted by atomic mass is 16.5. The van der Waals surface area contributed by atoms with Crippen LogP contribution in [0.2, 0.25) is 0 Å². The van der Waals surface area contributed by atoms with Crippen molar-refractivity contribution >= 4 is 11.6 Å². The Bertz CT molecular complexity index is 627. The Morgan fingerprint density at radius 3 is 2.30 bits per heavy atom. The molecule has 3 heteroatoms. The fourth-order valence-electron chi connectivity index (χ4n) is 2.50. The van der Waals surface area contributed by atoms with Gasteiger partial charge in [-0.3, -0.25) is 4.79 Å². The molecule has 2 aromatic carbocycles. The molecular formula is C20H25NO2. The summed E-state index contributed by atoms with van der Waals surface area (Å²) in [5.41, 5.74) is 4.36. The Hall–Kier alpha value is -2.29. The number of carbonyl (C=O) groups excluding carboxylic acids is 1. The van der Waals surface area contributed by atoms with Crippen LogP contribution in [0.5, 0.6) is 5.75 Å². The van der Waals surface area contributed by atoms with Crippen LogP contribution < -0.4 is 10.1 Å². The van der Waals surface area contributed by atoms with Gasteiger partial charge in [-0.15, -0.1) is 0 Å². The van der Waals surface area contributed by atoms with E-state index in [1.807, 2.05) is 38.1 Å². The monoisotopic (exact) mass is 311 g/mol. The lowest BCUT2D eigenvalue weighted by atomic mass is 10.1. The fraction of sp³-hybridized carbons (Fsp3) is 0.350. The highest BCUT2D eigenvalue weighted by molar-refractivity contribution is 5.91. The number of anilines is 1. The van der Waals surface area contributed by atoms with Crippen molar-refractivity contribution in [1.29, 1.82) is 0 Å². The smallest absolute Gasteiger partial charge is 0.262 e. The van der Waals surface area contributed by atoms with Crippen LogP contribution in [0.1, 0.15) is 36.5 Å². The molecule has 0 saturated carbocycles. The maximum atomic E-state index is 12.0. The molecule has 0 aliphatic heterocycles. The van der Waals surface area contributed by atoms with Crippen molar-refractivity contribution in [1.82, 2.24) is 0 Å². The molecule has 3 nitrogen and oxygen atoms in total. The Morgan fingerprint density at radius 2 is 1.70 bits per heavy atom. The zero-order valence-corrected chi connectivity index (χ0v) is 14.2. The van der Waals surface area contributed by atoms with Gasteiger partial charge >= 0.3 is 0 Å². The number of unbranched alkanes of at least 4 members (excludes halogenated alkanes) is 1. The number of amides is 1. The molecule has 0 aliphatic rings. The van der Waals surface area contributed by atoms with Gasteiger partial charge in [-0.1, -0.05) is 31.5 Å². The van der Waals surface area contributed by atoms with E-state index in [9.17, 15) is 4.79 Å². The van der Waals surface area contributed by atoms with E-state index in [1.54, 1.807) is 0 Å². The number of hydrogen-bond acceptors (Lipinski definition) is 2. The second kappa shape index (κ2) is 8.37. The SMILES string of the molecule is CCCCc1ccc(NC(=O)COc2cc(C)cc(C)c2)cc1. The molecule has 0 spiro atoms. The van der Waals surface area contributed by atoms with Crippen LogP contribution in [-0.4, -0.2) is 12.5 Å². The van der Waals surface area contributed by atoms with Gasteiger partial charge in [-0.2, -0.15) is 0 Å². The normalized spacial score (nSPS) is 10.4. The standard InChI is InChI=1S/C20H25NO2/c1-4-5-6-17-7-9-18(10-8-17)21-20(22)14-23-19-12-15(2)11-16(3)13-19/h7-13H,4-6,14H2,1-3H3,(H,21,22). The van der Waals surface area contributed by atoms with Gasteiger partial charge in [0.05, 0.1) is 0 Å². The zero-order valence-electron chi connectivity index (χ0n) is 14.2. The molecule has 0 heterocycles. The van der Waals surface area contributed by atoms with Crippen molar-refractivity contribution in [3.63, 3.8) is 0 Å². The first kappa shape index (κ1) is 17.1. The molecule has 0 aromatic heterocycles. The minimum absolute atomic E-state index is 0.0144. The van der Waals surface area contributed by atoms with Gasteiger partial charge in [0.2, 0.25) is 0 Å². The molecule has 0 radical (unpaired) electrons. The van der Waals surface area contributed by atoms with Crippen LogP contribution in [0.25, 0.3) is 0 Å². The molecule has 0 bridgehead atoms. The van der Waals surface area contributed by atoms with Crippen LogP contribution in [0, 0.1) is 13.8 Å². The summed E-state index contributed by atoms with van der Waals surface area (Å²) in [7, 11) is 0. The maximum Gasteiger partial charge on any atom is 0.262 e. The quantitative estimate of drug-likeness (QED) is 0.807. The van der Waals surface area contributed by atoms with Crippen molar-refractivity contribution < 1.29 is 9.53 Å². The molecule has 0 saturated heterocycles. The number of benzene rings is 2. The van der Waals surface area contributed by atoms with Gasteiger partial charge in [0, 0.05) is 5.69 Å². The lowest BCUT2D eigenvalue weighted by molar-refractivity contribution is -0.118. The molecule has 0 atom stereocenters. The van der Waals surface area contributed by atoms with Gasteiger partial charge in [-0.25, -0.2) is 0 Å². The van der Waals surface area contributed by atoms with Crippen molar-refractivity contribution in [2.24, 2.45) is 0 Å². The van der Waals surface area contributed by atoms with E-state index in [0.717, 1.165) is 29.0 Å². The molecule has 1 amide bonds. The number of aryl methyl sites for hydroxylation is 3. The molecule has 1 N–H and O–H groups in total. The van der Waals surface area contributed by atoms with Gasteiger partial charge in [0.15, 0.2) is 6.61 Å². The fourth-order valence-corrected chi connectivity index (χ4v) is 2.50. The van der Waals surface area contributed by atoms with E-state index >= 15 is 0 Å². The highest BCUT2D eigenvalue weighted by Crippen LogP contribution is 2.16. The predicted molar refractivity (Wildman–Crippen MR) is 95.1 cm³/mol. The lowest BCUT2D eigenvalue weighted by Crippen LogP contribution is -2.20. The third kappa shape index (κ3) is 5.78. The maximum absolute atomic E-state index is 12.0. The molecule has 0 fully saturated rings. The van der Waals surface area contributed by atoms with Crippen LogP contribution in [-0.2, 0) is 11.2 Å². The third-order valence-corrected chi connectivity index (χ3v) is 3.62. The van der Waals surface area contributed by atoms with Crippen molar-refractivity contribution in [3.8, 4) is 5.75 Å². The Kier molecular flexibility index (Phi) is 6.21. The summed E-state index contributed by atoms with van der Waals surface area (Å²) in [5.74, 6) is 0.582. The average Bonchev–Trinajstić information content (AvgIpc) is 2.51. The number of nitrogens with one attached hydrogen (secondary N) is 1. The largest absolute Gasteiger partial charge is 0.484 e. The van der Waals surface area contributed by atoms with E-state index in [4.69, 9.17) is 4.74 Å². The van der Waals surface area contributed by atoms with Gasteiger partial charge < -0.3 is 10.1 Å². The molecule has 0 unspecified atom stereocenters. The van der Waals surface area contributed by atoms with E-state index in [2.05, 4.69) is 30.4 Å². The first-order valence-corrected chi connectivity index (χ1v) is 8.16. The topological polar surface area (TPSA) is 38.3 Å². The Labute approximate surface area is 138 Å². The number of hydrogen-bond donors (Lipinski definition) is 1. The summed E-state index contributed by atoms with van der Waals surface area (Å²) in [6.07, 6.45) is 3.46. The zero-order chi connectivity index (χ0) is 16.7. The van der Waals surface area contributed by atoms with Crippen LogP contribution in [0.4, 0.5) is 5.69 Å². The second-order valence-corrected chi connectivity index (χ2v) is 5.96. The van der Waals surface area contributed by atoms with E-state index < -0.39 is 0 Å². The lowest BCUT2D eigenvalue weighted by Gasteiger charge is -2.09. The van der Waals surface area contributed by atoms with E-state index in [0.29, 0.717) is 0 Å². The molecule has 2 aromatic rings. The summed E-state index contributed by atoms with van der Waals surface area (Å²) >= 11 is 0. The molecular weight excluding hydrogens is 286 g/mol. The highest BCUT2D eigenvalue weighted by Gasteiger charge is 2.05. The molecule has 2 rings (SSSR count). The molecule has 23 heavy (non-hydrogen) atoms. The minimum atomic E-state index is -0.148. The predicted octanol–water partition coefficient (Wildman–Crippen LogP) is 4.66. The summed E-state index contributed by atoms with van der Waals surface area (Å²) in [5, 5.41) is 2.86. The van der Waals surface area contributed by atoms with E-state index in [1.165, 1.54) is 18.4 Å². The Morgan fingerprint density at radius 1 is 1.04 bits per heavy atom. The second-order valence-electron chi connectivity index (χ2n) is 5.96. The summed E-state index contributed by atoms with van der Waals surface area (Å²) in [6, 6.07) is 14.0. The van der Waals surface area contributed by atoms with E-state index in [-0.39, 0.29) is 12.5 Å². The van der Waals surface area contributed by atoms with Gasteiger partial charge in [-0.05, 0) is 67.6 Å². The molecule has 0 aliphatic carbocycles. The van der Waals surface area contributed by atoms with Gasteiger partial charge in [0.1, 0.15) is 5.75 Å². The van der Waals surface area contributed by atoms with Crippen LogP contribution in [0.3, 0.4) is 0 Å². The van der Waals surface area contributed by atoms with Gasteiger partial charge in [0.25, 0.3) is 5.91 Å². The number of ether oxygens (including phenoxy) is 1. The molecule has 122 valence electrons. The van der Waals surface area contributed by atoms with Crippen LogP contribution in [0.15, 0.2) is 42.5 Å². The van der Waals surface area contributed by atoms with Crippen LogP contribution >= 0.6 is 0 Å². The first-order valence-electron chi connectivity index (χ1n) is 8.16. The average molecular weight is 311 g/mol. The van der Waals surface area contributed by atoms with Crippen molar-refractivity contribution in [3.05, 3.63) is 59.2 Å². The summed E-state index contributed by atoms with van der Waals surface area (Å²) < 4.78 is 5.57. The van der Waals surface area contributed by atoms with Crippen molar-refractivity contribution in [2.45, 2.75) is 40.0 Å². The van der Waals surface area contributed by atoms with Crippen molar-refractivity contribution in [2.75, 3.05) is 11.9 Å². The summed E-state index contributed by atoms with van der Waals surface area (Å²) in [6.45, 7) is 6.23. The minimum Gasteiger partial charge on any atom is -0.484 e.